The number of carbonyl (C=O) groups excluding carboxylic acids is 2. The molecule has 1 aromatic carbocycles. The smallest absolute Gasteiger partial charge is 0.267 e. The maximum absolute atomic E-state index is 13.2. The van der Waals surface area contributed by atoms with Crippen LogP contribution in [0.25, 0.3) is 11.1 Å². The van der Waals surface area contributed by atoms with Crippen molar-refractivity contribution in [2.24, 2.45) is 10.7 Å². The summed E-state index contributed by atoms with van der Waals surface area (Å²) in [5.74, 6) is -0.476. The molecule has 0 aliphatic carbocycles. The van der Waals surface area contributed by atoms with Crippen LogP contribution >= 0.6 is 0 Å². The number of aromatic nitrogens is 2. The van der Waals surface area contributed by atoms with Crippen LogP contribution < -0.4 is 5.73 Å². The van der Waals surface area contributed by atoms with Gasteiger partial charge >= 0.3 is 0 Å². The number of benzene rings is 1. The summed E-state index contributed by atoms with van der Waals surface area (Å²) in [5.41, 5.74) is 12.5. The lowest BCUT2D eigenvalue weighted by atomic mass is 9.90. The Morgan fingerprint density at radius 2 is 1.78 bits per heavy atom. The second kappa shape index (κ2) is 11.6. The fourth-order valence-corrected chi connectivity index (χ4v) is 5.20. The molecule has 3 aromatic rings. The molecule has 0 radical (unpaired) electrons. The number of piperidine rings is 1. The van der Waals surface area contributed by atoms with Crippen LogP contribution in [0, 0.1) is 0 Å². The number of nitrogens with two attached hydrogens (primary N) is 1. The highest BCUT2D eigenvalue weighted by molar-refractivity contribution is 6.46. The van der Waals surface area contributed by atoms with Gasteiger partial charge in [0.25, 0.3) is 5.91 Å². The predicted molar refractivity (Wildman–Crippen MR) is 145 cm³/mol. The van der Waals surface area contributed by atoms with Crippen molar-refractivity contribution in [1.29, 1.82) is 0 Å². The van der Waals surface area contributed by atoms with Gasteiger partial charge in [0.15, 0.2) is 5.78 Å². The molecule has 0 spiro atoms. The van der Waals surface area contributed by atoms with Crippen molar-refractivity contribution < 1.29 is 9.59 Å². The number of primary amides is 1. The summed E-state index contributed by atoms with van der Waals surface area (Å²) in [4.78, 5) is 40.1. The topological polar surface area (TPSA) is 102 Å². The molecular formula is C30H33N5O2. The Bertz CT molecular complexity index is 1310. The van der Waals surface area contributed by atoms with Crippen LogP contribution in [0.4, 0.5) is 0 Å². The molecule has 0 saturated carbocycles. The summed E-state index contributed by atoms with van der Waals surface area (Å²) >= 11 is 0. The van der Waals surface area contributed by atoms with Gasteiger partial charge in [-0.25, -0.2) is 0 Å². The van der Waals surface area contributed by atoms with E-state index in [1.54, 1.807) is 12.3 Å². The Kier molecular flexibility index (Phi) is 7.80. The lowest BCUT2D eigenvalue weighted by Crippen LogP contribution is -2.29. The first-order valence-corrected chi connectivity index (χ1v) is 13.2. The highest BCUT2D eigenvalue weighted by atomic mass is 16.1. The summed E-state index contributed by atoms with van der Waals surface area (Å²) in [6.45, 7) is 3.87. The van der Waals surface area contributed by atoms with Crippen LogP contribution in [0.3, 0.4) is 0 Å². The fourth-order valence-electron chi connectivity index (χ4n) is 5.20. The van der Waals surface area contributed by atoms with Gasteiger partial charge in [0.05, 0.1) is 0 Å². The summed E-state index contributed by atoms with van der Waals surface area (Å²) in [7, 11) is 0. The number of pyridine rings is 2. The second-order valence-electron chi connectivity index (χ2n) is 9.96. The van der Waals surface area contributed by atoms with E-state index in [1.807, 2.05) is 18.5 Å². The molecule has 7 heteroatoms. The Labute approximate surface area is 217 Å². The van der Waals surface area contributed by atoms with Gasteiger partial charge in [0, 0.05) is 49.2 Å². The highest BCUT2D eigenvalue weighted by Gasteiger charge is 2.21. The number of ketones is 1. The van der Waals surface area contributed by atoms with Crippen LogP contribution in [-0.2, 0) is 24.2 Å². The van der Waals surface area contributed by atoms with Crippen LogP contribution in [0.2, 0.25) is 0 Å². The van der Waals surface area contributed by atoms with Crippen molar-refractivity contribution in [3.8, 4) is 11.1 Å². The monoisotopic (exact) mass is 495 g/mol. The van der Waals surface area contributed by atoms with E-state index in [-0.39, 0.29) is 11.5 Å². The molecule has 2 aromatic heterocycles. The average Bonchev–Trinajstić information content (AvgIpc) is 2.93. The van der Waals surface area contributed by atoms with Crippen LogP contribution in [0.5, 0.6) is 0 Å². The van der Waals surface area contributed by atoms with Crippen molar-refractivity contribution in [3.05, 3.63) is 82.9 Å². The maximum atomic E-state index is 13.2. The number of carbonyl (C=O) groups is 2. The number of rotatable bonds is 9. The fraction of sp³-hybridized carbons (Fsp3) is 0.367. The Hall–Kier alpha value is -3.71. The number of nitrogens with zero attached hydrogens (tertiary/aromatic N) is 4. The first kappa shape index (κ1) is 25.0. The molecule has 2 aliphatic rings. The molecule has 1 saturated heterocycles. The quantitative estimate of drug-likeness (QED) is 0.480. The number of hydrogen-bond donors (Lipinski definition) is 1. The van der Waals surface area contributed by atoms with E-state index in [2.05, 4.69) is 44.1 Å². The number of amides is 1. The third kappa shape index (κ3) is 6.17. The molecule has 1 amide bonds. The second-order valence-corrected chi connectivity index (χ2v) is 9.96. The van der Waals surface area contributed by atoms with Crippen molar-refractivity contribution in [1.82, 2.24) is 14.9 Å². The minimum atomic E-state index is -0.542. The summed E-state index contributed by atoms with van der Waals surface area (Å²) < 4.78 is 0. The van der Waals surface area contributed by atoms with Gasteiger partial charge in [-0.15, -0.1) is 0 Å². The Balaban J connectivity index is 1.26. The van der Waals surface area contributed by atoms with Gasteiger partial charge in [-0.3, -0.25) is 29.4 Å². The van der Waals surface area contributed by atoms with Crippen molar-refractivity contribution in [3.63, 3.8) is 0 Å². The predicted octanol–water partition coefficient (Wildman–Crippen LogP) is 4.17. The lowest BCUT2D eigenvalue weighted by Gasteiger charge is -2.26. The summed E-state index contributed by atoms with van der Waals surface area (Å²) in [6.07, 6.45) is 12.0. The first-order valence-electron chi connectivity index (χ1n) is 13.2. The highest BCUT2D eigenvalue weighted by Crippen LogP contribution is 2.27. The molecule has 0 bridgehead atoms. The minimum absolute atomic E-state index is 0.0665. The molecule has 5 rings (SSSR count). The normalized spacial score (nSPS) is 15.6. The number of fused-ring (bicyclic) bond motifs is 1. The van der Waals surface area contributed by atoms with E-state index in [9.17, 15) is 9.59 Å². The van der Waals surface area contributed by atoms with Gasteiger partial charge < -0.3 is 5.73 Å². The van der Waals surface area contributed by atoms with Crippen LogP contribution in [-0.4, -0.2) is 51.9 Å². The van der Waals surface area contributed by atoms with E-state index >= 15 is 0 Å². The zero-order valence-electron chi connectivity index (χ0n) is 21.2. The Morgan fingerprint density at radius 1 is 0.919 bits per heavy atom. The standard InChI is InChI=1S/C30H33N5O2/c31-30(37)27-10-7-21(18-34-27)5-4-6-28(36)29-26-16-24(9-8-23(26)11-12-33-29)25-15-22(17-32-19-25)20-35-13-2-1-3-14-35/h7-10,15-19H,1-6,11-14,20H2,(H2,31,37). The minimum Gasteiger partial charge on any atom is -0.364 e. The molecule has 37 heavy (non-hydrogen) atoms. The van der Waals surface area contributed by atoms with Gasteiger partial charge in [-0.05, 0) is 85.6 Å². The van der Waals surface area contributed by atoms with Crippen LogP contribution in [0.15, 0.2) is 60.0 Å². The SMILES string of the molecule is NC(=O)c1ccc(CCCC(=O)C2=NCCc3ccc(-c4cncc(CN5CCCCC5)c4)cc32)cn1. The average molecular weight is 496 g/mol. The molecule has 0 unspecified atom stereocenters. The lowest BCUT2D eigenvalue weighted by molar-refractivity contribution is -0.113. The molecule has 0 atom stereocenters. The van der Waals surface area contributed by atoms with E-state index in [0.29, 0.717) is 31.5 Å². The number of hydrogen-bond acceptors (Lipinski definition) is 6. The van der Waals surface area contributed by atoms with Crippen molar-refractivity contribution in [2.45, 2.75) is 51.5 Å². The van der Waals surface area contributed by atoms with Gasteiger partial charge in [0.1, 0.15) is 11.4 Å². The zero-order valence-corrected chi connectivity index (χ0v) is 21.2. The van der Waals surface area contributed by atoms with E-state index in [4.69, 9.17) is 5.73 Å². The third-order valence-electron chi connectivity index (χ3n) is 7.21. The number of aliphatic imine (C=N–C) groups is 1. The van der Waals surface area contributed by atoms with Gasteiger partial charge in [-0.1, -0.05) is 24.6 Å². The number of likely N-dealkylation sites (tertiary alicyclic amines) is 1. The molecule has 2 N–H and O–H groups in total. The Morgan fingerprint density at radius 3 is 2.57 bits per heavy atom. The third-order valence-corrected chi connectivity index (χ3v) is 7.21. The first-order chi connectivity index (χ1) is 18.1. The van der Waals surface area contributed by atoms with Crippen LogP contribution in [0.1, 0.15) is 64.8 Å². The maximum Gasteiger partial charge on any atom is 0.267 e. The van der Waals surface area contributed by atoms with E-state index in [0.717, 1.165) is 48.3 Å². The molecule has 7 nitrogen and oxygen atoms in total. The van der Waals surface area contributed by atoms with Gasteiger partial charge in [-0.2, -0.15) is 0 Å². The van der Waals surface area contributed by atoms with Crippen molar-refractivity contribution >= 4 is 17.4 Å². The van der Waals surface area contributed by atoms with E-state index < -0.39 is 5.91 Å². The zero-order chi connectivity index (χ0) is 25.6. The molecule has 190 valence electrons. The number of aryl methyl sites for hydroxylation is 1. The largest absolute Gasteiger partial charge is 0.364 e. The molecular weight excluding hydrogens is 462 g/mol. The van der Waals surface area contributed by atoms with Crippen molar-refractivity contribution in [2.75, 3.05) is 19.6 Å². The summed E-state index contributed by atoms with van der Waals surface area (Å²) in [6, 6.07) is 12.1. The van der Waals surface area contributed by atoms with E-state index in [1.165, 1.54) is 30.4 Å². The summed E-state index contributed by atoms with van der Waals surface area (Å²) in [5, 5.41) is 0. The van der Waals surface area contributed by atoms with Gasteiger partial charge in [0.2, 0.25) is 0 Å². The molecule has 1 fully saturated rings. The molecule has 2 aliphatic heterocycles. The number of Topliss-reactive ketones (excluding diaryl/α,β-unsaturated/α-hetero) is 1. The molecule has 4 heterocycles.